The number of fused-ring (bicyclic) bond motifs is 5. The fourth-order valence-corrected chi connectivity index (χ4v) is 5.34. The van der Waals surface area contributed by atoms with E-state index in [9.17, 15) is 32.8 Å². The van der Waals surface area contributed by atoms with Gasteiger partial charge in [-0.2, -0.15) is 0 Å². The largest absolute Gasteiger partial charge is 0.460 e. The van der Waals surface area contributed by atoms with E-state index in [1.807, 2.05) is 0 Å². The lowest BCUT2D eigenvalue weighted by molar-refractivity contribution is -0.167. The quantitative estimate of drug-likeness (QED) is 0.321. The smallest absolute Gasteiger partial charge is 0.326 e. The van der Waals surface area contributed by atoms with Gasteiger partial charge < -0.3 is 24.2 Å². The molecule has 214 valence electrons. The summed E-state index contributed by atoms with van der Waals surface area (Å²) in [6.45, 7) is 2.42. The molecule has 2 aliphatic heterocycles. The number of hydrogen-bond acceptors (Lipinski definition) is 8. The maximum absolute atomic E-state index is 13.9. The molecule has 1 aromatic carbocycles. The second-order valence-electron chi connectivity index (χ2n) is 10.3. The fraction of sp³-hybridized carbons (Fsp3) is 0.379. The number of Topliss-reactive ketones (excluding diaryl/α,β-unsaturated/α-hetero) is 1. The number of benzene rings is 1. The first-order chi connectivity index (χ1) is 19.5. The Kier molecular flexibility index (Phi) is 7.41. The Bertz CT molecular complexity index is 1680. The number of cyclic esters (lactones) is 1. The molecule has 2 aliphatic rings. The lowest BCUT2D eigenvalue weighted by Crippen LogP contribution is -2.40. The summed E-state index contributed by atoms with van der Waals surface area (Å²) in [5, 5.41) is 2.83. The number of hydrogen-bond donors (Lipinski definition) is 1. The highest BCUT2D eigenvalue weighted by atomic mass is 19.2. The molecule has 10 nitrogen and oxygen atoms in total. The van der Waals surface area contributed by atoms with Crippen molar-refractivity contribution in [3.63, 3.8) is 0 Å². The monoisotopic (exact) mass is 567 g/mol. The molecule has 0 spiro atoms. The van der Waals surface area contributed by atoms with Crippen LogP contribution in [0.15, 0.2) is 29.1 Å². The van der Waals surface area contributed by atoms with E-state index in [0.717, 1.165) is 12.1 Å². The number of nitrogens with zero attached hydrogens (tertiary/aromatic N) is 2. The van der Waals surface area contributed by atoms with Gasteiger partial charge in [-0.05, 0) is 38.0 Å². The number of carbonyl (C=O) groups is 4. The average molecular weight is 568 g/mol. The second kappa shape index (κ2) is 10.8. The predicted octanol–water partition coefficient (Wildman–Crippen LogP) is 3.17. The molecule has 41 heavy (non-hydrogen) atoms. The number of esters is 2. The van der Waals surface area contributed by atoms with E-state index >= 15 is 0 Å². The van der Waals surface area contributed by atoms with Crippen molar-refractivity contribution in [3.05, 3.63) is 62.9 Å². The lowest BCUT2D eigenvalue weighted by atomic mass is 9.85. The van der Waals surface area contributed by atoms with Gasteiger partial charge in [0.05, 0.1) is 35.4 Å². The topological polar surface area (TPSA) is 134 Å². The number of rotatable bonds is 8. The van der Waals surface area contributed by atoms with Crippen molar-refractivity contribution in [2.24, 2.45) is 0 Å². The maximum atomic E-state index is 13.9. The van der Waals surface area contributed by atoms with Crippen molar-refractivity contribution < 1.29 is 37.4 Å². The predicted molar refractivity (Wildman–Crippen MR) is 140 cm³/mol. The number of ether oxygens (including phenoxy) is 2. The Morgan fingerprint density at radius 2 is 1.88 bits per heavy atom. The van der Waals surface area contributed by atoms with Gasteiger partial charge in [0, 0.05) is 35.4 Å². The second-order valence-corrected chi connectivity index (χ2v) is 10.3. The van der Waals surface area contributed by atoms with Crippen molar-refractivity contribution in [1.29, 1.82) is 0 Å². The van der Waals surface area contributed by atoms with E-state index in [1.165, 1.54) is 11.5 Å². The number of nitrogens with one attached hydrogen (secondary N) is 1. The first-order valence-electron chi connectivity index (χ1n) is 13.2. The van der Waals surface area contributed by atoms with Crippen molar-refractivity contribution >= 4 is 34.5 Å². The van der Waals surface area contributed by atoms with E-state index in [0.29, 0.717) is 28.8 Å². The van der Waals surface area contributed by atoms with Crippen LogP contribution in [0.1, 0.15) is 62.6 Å². The molecule has 0 saturated carbocycles. The summed E-state index contributed by atoms with van der Waals surface area (Å²) in [7, 11) is 0. The van der Waals surface area contributed by atoms with Crippen molar-refractivity contribution in [1.82, 2.24) is 14.9 Å². The normalized spacial score (nSPS) is 17.2. The molecule has 5 rings (SSSR count). The highest BCUT2D eigenvalue weighted by molar-refractivity contribution is 5.85. The summed E-state index contributed by atoms with van der Waals surface area (Å²) in [4.78, 5) is 66.9. The van der Waals surface area contributed by atoms with Crippen LogP contribution in [-0.4, -0.2) is 39.7 Å². The molecule has 1 atom stereocenters. The zero-order valence-corrected chi connectivity index (χ0v) is 22.5. The number of pyridine rings is 2. The molecule has 3 aromatic rings. The third-order valence-corrected chi connectivity index (χ3v) is 7.45. The van der Waals surface area contributed by atoms with Crippen molar-refractivity contribution in [3.8, 4) is 11.4 Å². The van der Waals surface area contributed by atoms with Crippen LogP contribution in [0.2, 0.25) is 0 Å². The van der Waals surface area contributed by atoms with Crippen LogP contribution in [0.5, 0.6) is 0 Å². The highest BCUT2D eigenvalue weighted by Gasteiger charge is 2.44. The number of ketones is 1. The van der Waals surface area contributed by atoms with Gasteiger partial charge in [0.1, 0.15) is 24.5 Å². The third-order valence-electron chi connectivity index (χ3n) is 7.45. The van der Waals surface area contributed by atoms with Crippen molar-refractivity contribution in [2.75, 3.05) is 6.54 Å². The minimum atomic E-state index is -1.57. The SMILES string of the molecule is CC[C@@]1(OC(=O)CNC(=O)CCCC(C)=O)CC(=O)OCc2c1cc1n(c2=O)Cc2cc3cc(F)c(F)cc3nc2-1. The van der Waals surface area contributed by atoms with Crippen molar-refractivity contribution in [2.45, 2.75) is 64.7 Å². The first-order valence-corrected chi connectivity index (χ1v) is 13.2. The average Bonchev–Trinajstić information content (AvgIpc) is 3.20. The van der Waals surface area contributed by atoms with Crippen LogP contribution in [0.3, 0.4) is 0 Å². The van der Waals surface area contributed by atoms with E-state index in [1.54, 1.807) is 19.1 Å². The molecule has 0 unspecified atom stereocenters. The van der Waals surface area contributed by atoms with E-state index in [4.69, 9.17) is 9.47 Å². The molecule has 0 saturated heterocycles. The van der Waals surface area contributed by atoms with Crippen LogP contribution in [0.25, 0.3) is 22.3 Å². The molecule has 0 fully saturated rings. The standard InChI is InChI=1S/C29H27F2N3O7/c1-3-29(41-26(38)12-32-24(36)6-4-5-15(2)35)11-25(37)40-14-18-19(29)9-23-27-17(13-34(23)28(18)39)7-16-8-20(30)21(31)10-22(16)33-27/h7-10H,3-6,11-14H2,1-2H3,(H,32,36)/t29-/m1/s1. The Morgan fingerprint density at radius 1 is 1.12 bits per heavy atom. The molecule has 4 heterocycles. The van der Waals surface area contributed by atoms with Gasteiger partial charge in [0.2, 0.25) is 5.91 Å². The van der Waals surface area contributed by atoms with Gasteiger partial charge in [-0.25, -0.2) is 13.8 Å². The summed E-state index contributed by atoms with van der Waals surface area (Å²) in [5.41, 5.74) is -0.0531. The highest BCUT2D eigenvalue weighted by Crippen LogP contribution is 2.41. The van der Waals surface area contributed by atoms with Crippen LogP contribution < -0.4 is 10.9 Å². The van der Waals surface area contributed by atoms with Gasteiger partial charge in [-0.15, -0.1) is 0 Å². The minimum Gasteiger partial charge on any atom is -0.460 e. The Hall–Kier alpha value is -4.48. The summed E-state index contributed by atoms with van der Waals surface area (Å²) in [6.07, 6.45) is 0.394. The summed E-state index contributed by atoms with van der Waals surface area (Å²) >= 11 is 0. The molecule has 1 N–H and O–H groups in total. The number of aromatic nitrogens is 2. The molecule has 12 heteroatoms. The molecule has 0 bridgehead atoms. The Labute approximate surface area is 232 Å². The van der Waals surface area contributed by atoms with Crippen LogP contribution in [-0.2, 0) is 47.4 Å². The van der Waals surface area contributed by atoms with Gasteiger partial charge in [-0.3, -0.25) is 19.2 Å². The molecule has 1 amide bonds. The number of halogens is 2. The van der Waals surface area contributed by atoms with Gasteiger partial charge in [0.25, 0.3) is 5.56 Å². The molecular formula is C29H27F2N3O7. The van der Waals surface area contributed by atoms with Gasteiger partial charge in [-0.1, -0.05) is 6.92 Å². The maximum Gasteiger partial charge on any atom is 0.326 e. The first kappa shape index (κ1) is 28.1. The fourth-order valence-electron chi connectivity index (χ4n) is 5.34. The Balaban J connectivity index is 1.50. The molecule has 0 aliphatic carbocycles. The van der Waals surface area contributed by atoms with Crippen LogP contribution >= 0.6 is 0 Å². The van der Waals surface area contributed by atoms with Gasteiger partial charge >= 0.3 is 11.9 Å². The van der Waals surface area contributed by atoms with Crippen LogP contribution in [0.4, 0.5) is 8.78 Å². The lowest BCUT2D eigenvalue weighted by Gasteiger charge is -2.32. The molecular weight excluding hydrogens is 540 g/mol. The zero-order chi connectivity index (χ0) is 29.5. The number of carbonyl (C=O) groups excluding carboxylic acids is 4. The van der Waals surface area contributed by atoms with Crippen LogP contribution in [0, 0.1) is 11.6 Å². The van der Waals surface area contributed by atoms with E-state index in [2.05, 4.69) is 10.3 Å². The zero-order valence-electron chi connectivity index (χ0n) is 22.5. The Morgan fingerprint density at radius 3 is 2.61 bits per heavy atom. The third kappa shape index (κ3) is 5.33. The number of amides is 1. The molecule has 2 aromatic heterocycles. The summed E-state index contributed by atoms with van der Waals surface area (Å²) in [5.74, 6) is -4.04. The minimum absolute atomic E-state index is 0.0459. The summed E-state index contributed by atoms with van der Waals surface area (Å²) < 4.78 is 40.3. The van der Waals surface area contributed by atoms with E-state index < -0.39 is 47.2 Å². The van der Waals surface area contributed by atoms with E-state index in [-0.39, 0.29) is 61.3 Å². The van der Waals surface area contributed by atoms with Gasteiger partial charge in [0.15, 0.2) is 11.6 Å². The summed E-state index contributed by atoms with van der Waals surface area (Å²) in [6, 6.07) is 5.29. The molecule has 0 radical (unpaired) electrons.